The van der Waals surface area contributed by atoms with E-state index in [0.29, 0.717) is 17.4 Å². The van der Waals surface area contributed by atoms with Gasteiger partial charge in [-0.25, -0.2) is 4.98 Å². The average molecular weight is 303 g/mol. The molecule has 3 rings (SSSR count). The molecule has 0 unspecified atom stereocenters. The second-order valence-corrected chi connectivity index (χ2v) is 4.92. The Kier molecular flexibility index (Phi) is 3.66. The van der Waals surface area contributed by atoms with Crippen molar-refractivity contribution in [3.63, 3.8) is 0 Å². The first-order chi connectivity index (χ1) is 10.2. The molecular weight excluding hydrogens is 288 g/mol. The number of hydrogen-bond acceptors (Lipinski definition) is 4. The minimum atomic E-state index is 0.469. The Balaban J connectivity index is 1.97. The van der Waals surface area contributed by atoms with E-state index in [1.165, 1.54) is 0 Å². The minimum Gasteiger partial charge on any atom is -0.494 e. The van der Waals surface area contributed by atoms with Crippen LogP contribution in [0.5, 0.6) is 5.75 Å². The van der Waals surface area contributed by atoms with Crippen molar-refractivity contribution in [2.75, 3.05) is 11.9 Å². The van der Waals surface area contributed by atoms with Crippen molar-refractivity contribution in [3.8, 4) is 5.75 Å². The van der Waals surface area contributed by atoms with Crippen LogP contribution in [-0.4, -0.2) is 21.2 Å². The van der Waals surface area contributed by atoms with E-state index in [2.05, 4.69) is 15.4 Å². The van der Waals surface area contributed by atoms with Crippen LogP contribution in [0.1, 0.15) is 12.5 Å². The fraction of sp³-hybridized carbons (Fsp3) is 0.200. The molecule has 6 heteroatoms. The molecule has 0 aliphatic carbocycles. The highest BCUT2D eigenvalue weighted by Gasteiger charge is 2.11. The zero-order valence-corrected chi connectivity index (χ0v) is 12.6. The van der Waals surface area contributed by atoms with Crippen LogP contribution in [-0.2, 0) is 0 Å². The van der Waals surface area contributed by atoms with Gasteiger partial charge in [0.2, 0.25) is 0 Å². The lowest BCUT2D eigenvalue weighted by molar-refractivity contribution is 0.340. The molecule has 0 saturated heterocycles. The first-order valence-electron chi connectivity index (χ1n) is 6.68. The number of halogens is 1. The van der Waals surface area contributed by atoms with Crippen molar-refractivity contribution >= 4 is 28.8 Å². The van der Waals surface area contributed by atoms with E-state index in [0.717, 1.165) is 22.8 Å². The van der Waals surface area contributed by atoms with Crippen LogP contribution in [0.25, 0.3) is 5.65 Å². The first-order valence-corrected chi connectivity index (χ1v) is 7.06. The molecule has 2 heterocycles. The lowest BCUT2D eigenvalue weighted by atomic mass is 10.2. The summed E-state index contributed by atoms with van der Waals surface area (Å²) in [6.45, 7) is 4.52. The predicted molar refractivity (Wildman–Crippen MR) is 83.6 cm³/mol. The van der Waals surface area contributed by atoms with E-state index in [9.17, 15) is 0 Å². The Morgan fingerprint density at radius 2 is 2.00 bits per heavy atom. The summed E-state index contributed by atoms with van der Waals surface area (Å²) in [6, 6.07) is 9.56. The average Bonchev–Trinajstić information content (AvgIpc) is 2.94. The number of rotatable bonds is 4. The summed E-state index contributed by atoms with van der Waals surface area (Å²) < 4.78 is 7.17. The Labute approximate surface area is 127 Å². The maximum Gasteiger partial charge on any atom is 0.159 e. The predicted octanol–water partition coefficient (Wildman–Crippen LogP) is 3.83. The van der Waals surface area contributed by atoms with Gasteiger partial charge in [0.25, 0.3) is 0 Å². The molecule has 1 aromatic carbocycles. The first kappa shape index (κ1) is 13.7. The summed E-state index contributed by atoms with van der Waals surface area (Å²) in [5, 5.41) is 8.07. The van der Waals surface area contributed by atoms with E-state index in [1.54, 1.807) is 10.7 Å². The number of ether oxygens (including phenoxy) is 1. The third kappa shape index (κ3) is 2.64. The molecule has 0 aliphatic rings. The zero-order valence-electron chi connectivity index (χ0n) is 11.8. The van der Waals surface area contributed by atoms with E-state index in [1.807, 2.05) is 44.2 Å². The van der Waals surface area contributed by atoms with Crippen molar-refractivity contribution in [3.05, 3.63) is 47.2 Å². The molecule has 0 radical (unpaired) electrons. The SMILES string of the molecule is CCOc1ccc(Nc2c(C)c(Cl)nc3ccnn23)cc1. The van der Waals surface area contributed by atoms with E-state index >= 15 is 0 Å². The van der Waals surface area contributed by atoms with Gasteiger partial charge >= 0.3 is 0 Å². The molecule has 0 fully saturated rings. The molecule has 2 aromatic heterocycles. The number of nitrogens with one attached hydrogen (secondary N) is 1. The lowest BCUT2D eigenvalue weighted by Crippen LogP contribution is -2.04. The molecule has 0 aliphatic heterocycles. The summed E-state index contributed by atoms with van der Waals surface area (Å²) >= 11 is 6.17. The van der Waals surface area contributed by atoms with Gasteiger partial charge in [0.05, 0.1) is 12.8 Å². The number of hydrogen-bond donors (Lipinski definition) is 1. The Bertz CT molecular complexity index is 767. The second kappa shape index (κ2) is 5.61. The summed E-state index contributed by atoms with van der Waals surface area (Å²) in [6.07, 6.45) is 1.70. The zero-order chi connectivity index (χ0) is 14.8. The summed E-state index contributed by atoms with van der Waals surface area (Å²) in [5.41, 5.74) is 2.49. The largest absolute Gasteiger partial charge is 0.494 e. The molecule has 108 valence electrons. The number of benzene rings is 1. The van der Waals surface area contributed by atoms with Gasteiger partial charge in [-0.2, -0.15) is 9.61 Å². The van der Waals surface area contributed by atoms with Gasteiger partial charge in [-0.15, -0.1) is 0 Å². The van der Waals surface area contributed by atoms with Crippen molar-refractivity contribution in [1.82, 2.24) is 14.6 Å². The highest BCUT2D eigenvalue weighted by molar-refractivity contribution is 6.30. The van der Waals surface area contributed by atoms with Gasteiger partial charge in [-0.3, -0.25) is 0 Å². The molecule has 0 amide bonds. The number of aromatic nitrogens is 3. The van der Waals surface area contributed by atoms with Crippen molar-refractivity contribution in [2.24, 2.45) is 0 Å². The fourth-order valence-corrected chi connectivity index (χ4v) is 2.25. The highest BCUT2D eigenvalue weighted by atomic mass is 35.5. The monoisotopic (exact) mass is 302 g/mol. The molecular formula is C15H15ClN4O. The van der Waals surface area contributed by atoms with Gasteiger partial charge in [-0.1, -0.05) is 11.6 Å². The minimum absolute atomic E-state index is 0.469. The molecule has 0 spiro atoms. The van der Waals surface area contributed by atoms with Crippen molar-refractivity contribution < 1.29 is 4.74 Å². The second-order valence-electron chi connectivity index (χ2n) is 4.56. The van der Waals surface area contributed by atoms with Gasteiger partial charge in [-0.05, 0) is 38.1 Å². The standard InChI is InChI=1S/C15H15ClN4O/c1-3-21-12-6-4-11(5-7-12)18-15-10(2)14(16)19-13-8-9-17-20(13)15/h4-9,18H,3H2,1-2H3. The molecule has 21 heavy (non-hydrogen) atoms. The maximum atomic E-state index is 6.17. The Hall–Kier alpha value is -2.27. The van der Waals surface area contributed by atoms with Crippen molar-refractivity contribution in [2.45, 2.75) is 13.8 Å². The molecule has 3 aromatic rings. The Morgan fingerprint density at radius 1 is 1.24 bits per heavy atom. The maximum absolute atomic E-state index is 6.17. The van der Waals surface area contributed by atoms with Gasteiger partial charge in [0, 0.05) is 17.3 Å². The Morgan fingerprint density at radius 3 is 2.71 bits per heavy atom. The summed E-state index contributed by atoms with van der Waals surface area (Å²) in [4.78, 5) is 4.28. The third-order valence-corrected chi connectivity index (χ3v) is 3.51. The van der Waals surface area contributed by atoms with Crippen LogP contribution in [0.2, 0.25) is 5.15 Å². The van der Waals surface area contributed by atoms with Gasteiger partial charge in [0.1, 0.15) is 16.7 Å². The number of nitrogens with zero attached hydrogens (tertiary/aromatic N) is 3. The highest BCUT2D eigenvalue weighted by Crippen LogP contribution is 2.26. The van der Waals surface area contributed by atoms with Gasteiger partial charge < -0.3 is 10.1 Å². The third-order valence-electron chi connectivity index (χ3n) is 3.14. The summed E-state index contributed by atoms with van der Waals surface area (Å²) in [5.74, 6) is 1.65. The smallest absolute Gasteiger partial charge is 0.159 e. The topological polar surface area (TPSA) is 51.5 Å². The molecule has 0 bridgehead atoms. The van der Waals surface area contributed by atoms with E-state index < -0.39 is 0 Å². The number of fused-ring (bicyclic) bond motifs is 1. The lowest BCUT2D eigenvalue weighted by Gasteiger charge is -2.13. The summed E-state index contributed by atoms with van der Waals surface area (Å²) in [7, 11) is 0. The van der Waals surface area contributed by atoms with E-state index in [4.69, 9.17) is 16.3 Å². The molecule has 0 atom stereocenters. The fourth-order valence-electron chi connectivity index (χ4n) is 2.08. The molecule has 1 N–H and O–H groups in total. The van der Waals surface area contributed by atoms with Crippen LogP contribution >= 0.6 is 11.6 Å². The van der Waals surface area contributed by atoms with E-state index in [-0.39, 0.29) is 0 Å². The van der Waals surface area contributed by atoms with Crippen LogP contribution in [0.15, 0.2) is 36.5 Å². The number of anilines is 2. The van der Waals surface area contributed by atoms with Crippen molar-refractivity contribution in [1.29, 1.82) is 0 Å². The molecule has 5 nitrogen and oxygen atoms in total. The van der Waals surface area contributed by atoms with Crippen LogP contribution in [0.4, 0.5) is 11.5 Å². The van der Waals surface area contributed by atoms with Gasteiger partial charge in [0.15, 0.2) is 5.65 Å². The molecule has 0 saturated carbocycles. The van der Waals surface area contributed by atoms with Crippen LogP contribution < -0.4 is 10.1 Å². The quantitative estimate of drug-likeness (QED) is 0.744. The normalized spacial score (nSPS) is 10.8. The van der Waals surface area contributed by atoms with Crippen LogP contribution in [0, 0.1) is 6.92 Å². The van der Waals surface area contributed by atoms with Crippen LogP contribution in [0.3, 0.4) is 0 Å².